The van der Waals surface area contributed by atoms with Crippen LogP contribution in [0.2, 0.25) is 5.02 Å². The number of nitrogens with zero attached hydrogens (tertiary/aromatic N) is 1. The Balaban J connectivity index is 2.38. The van der Waals surface area contributed by atoms with Gasteiger partial charge in [-0.25, -0.2) is 4.79 Å². The molecule has 3 atom stereocenters. The number of rotatable bonds is 7. The van der Waals surface area contributed by atoms with Crippen LogP contribution in [0.5, 0.6) is 0 Å². The van der Waals surface area contributed by atoms with Crippen molar-refractivity contribution in [2.45, 2.75) is 51.6 Å². The molecule has 1 aromatic carbocycles. The van der Waals surface area contributed by atoms with Crippen LogP contribution in [0.1, 0.15) is 51.1 Å². The van der Waals surface area contributed by atoms with Gasteiger partial charge < -0.3 is 9.64 Å². The number of esters is 1. The quantitative estimate of drug-likeness (QED) is 0.528. The van der Waals surface area contributed by atoms with Crippen LogP contribution in [-0.4, -0.2) is 29.4 Å². The molecule has 0 spiro atoms. The lowest BCUT2D eigenvalue weighted by Crippen LogP contribution is -2.52. The summed E-state index contributed by atoms with van der Waals surface area (Å²) in [5.41, 5.74) is 0.998. The fourth-order valence-corrected chi connectivity index (χ4v) is 3.63. The molecule has 0 saturated carbocycles. The first-order chi connectivity index (χ1) is 12.0. The Bertz CT molecular complexity index is 614. The van der Waals surface area contributed by atoms with Crippen molar-refractivity contribution < 1.29 is 14.3 Å². The number of halogens is 1. The average molecular weight is 364 g/mol. The van der Waals surface area contributed by atoms with Gasteiger partial charge >= 0.3 is 5.97 Å². The Morgan fingerprint density at radius 3 is 2.60 bits per heavy atom. The van der Waals surface area contributed by atoms with Gasteiger partial charge in [0.05, 0.1) is 12.6 Å². The van der Waals surface area contributed by atoms with Gasteiger partial charge in [0.1, 0.15) is 6.04 Å². The van der Waals surface area contributed by atoms with Crippen molar-refractivity contribution in [2.24, 2.45) is 5.92 Å². The Hall–Kier alpha value is -1.81. The van der Waals surface area contributed by atoms with E-state index in [4.69, 9.17) is 16.3 Å². The molecule has 25 heavy (non-hydrogen) atoms. The van der Waals surface area contributed by atoms with E-state index in [0.29, 0.717) is 24.5 Å². The van der Waals surface area contributed by atoms with Crippen LogP contribution >= 0.6 is 11.6 Å². The van der Waals surface area contributed by atoms with Gasteiger partial charge in [0, 0.05) is 10.9 Å². The van der Waals surface area contributed by atoms with Gasteiger partial charge in [-0.3, -0.25) is 4.79 Å². The van der Waals surface area contributed by atoms with Gasteiger partial charge in [-0.2, -0.15) is 0 Å². The average Bonchev–Trinajstić information content (AvgIpc) is 2.60. The summed E-state index contributed by atoms with van der Waals surface area (Å²) in [6.07, 6.45) is 4.52. The third-order valence-corrected chi connectivity index (χ3v) is 4.97. The second kappa shape index (κ2) is 9.04. The van der Waals surface area contributed by atoms with Crippen molar-refractivity contribution >= 4 is 23.5 Å². The highest BCUT2D eigenvalue weighted by Gasteiger charge is 2.41. The van der Waals surface area contributed by atoms with E-state index in [-0.39, 0.29) is 23.8 Å². The number of piperidine rings is 1. The highest BCUT2D eigenvalue weighted by atomic mass is 35.5. The van der Waals surface area contributed by atoms with Crippen LogP contribution in [0, 0.1) is 5.92 Å². The summed E-state index contributed by atoms with van der Waals surface area (Å²) in [7, 11) is 0. The number of amides is 1. The number of benzene rings is 1. The van der Waals surface area contributed by atoms with Crippen molar-refractivity contribution in [3.05, 3.63) is 47.5 Å². The smallest absolute Gasteiger partial charge is 0.328 e. The van der Waals surface area contributed by atoms with Crippen molar-refractivity contribution in [1.29, 1.82) is 0 Å². The monoisotopic (exact) mass is 363 g/mol. The summed E-state index contributed by atoms with van der Waals surface area (Å²) in [5, 5.41) is 0.652. The van der Waals surface area contributed by atoms with Crippen LogP contribution < -0.4 is 0 Å². The molecule has 1 saturated heterocycles. The van der Waals surface area contributed by atoms with Crippen LogP contribution in [0.4, 0.5) is 0 Å². The predicted molar refractivity (Wildman–Crippen MR) is 99.3 cm³/mol. The van der Waals surface area contributed by atoms with E-state index < -0.39 is 6.04 Å². The molecule has 0 aromatic heterocycles. The maximum absolute atomic E-state index is 13.1. The van der Waals surface area contributed by atoms with Gasteiger partial charge in [0.25, 0.3) is 0 Å². The lowest BCUT2D eigenvalue weighted by Gasteiger charge is -2.43. The molecule has 1 aliphatic heterocycles. The van der Waals surface area contributed by atoms with E-state index in [0.717, 1.165) is 18.4 Å². The van der Waals surface area contributed by atoms with E-state index in [1.165, 1.54) is 0 Å². The molecule has 1 heterocycles. The Morgan fingerprint density at radius 1 is 1.36 bits per heavy atom. The summed E-state index contributed by atoms with van der Waals surface area (Å²) in [6, 6.07) is 6.79. The molecule has 136 valence electrons. The van der Waals surface area contributed by atoms with E-state index in [9.17, 15) is 9.59 Å². The van der Waals surface area contributed by atoms with E-state index in [2.05, 4.69) is 6.58 Å². The first kappa shape index (κ1) is 19.5. The summed E-state index contributed by atoms with van der Waals surface area (Å²) in [6.45, 7) is 7.74. The standard InChI is InChI=1S/C20H26ClNO3/c1-4-7-15-10-13-18(14-8-11-16(21)12-9-14)22(19(15)23)17(5-2)20(24)25-6-3/h4,8-9,11-12,15,17-18H,1,5-7,10,13H2,2-3H3/t15?,17?,18-/m0/s1. The van der Waals surface area contributed by atoms with Gasteiger partial charge in [0.15, 0.2) is 0 Å². The second-order valence-corrected chi connectivity index (χ2v) is 6.72. The maximum Gasteiger partial charge on any atom is 0.328 e. The van der Waals surface area contributed by atoms with Gasteiger partial charge in [-0.1, -0.05) is 36.7 Å². The molecule has 0 radical (unpaired) electrons. The number of allylic oxidation sites excluding steroid dienone is 1. The van der Waals surface area contributed by atoms with Crippen molar-refractivity contribution in [3.8, 4) is 0 Å². The zero-order valence-corrected chi connectivity index (χ0v) is 15.7. The van der Waals surface area contributed by atoms with Crippen LogP contribution in [0.15, 0.2) is 36.9 Å². The molecule has 1 aromatic rings. The number of carbonyl (C=O) groups excluding carboxylic acids is 2. The predicted octanol–water partition coefficient (Wildman–Crippen LogP) is 4.54. The second-order valence-electron chi connectivity index (χ2n) is 6.29. The minimum Gasteiger partial charge on any atom is -0.464 e. The molecular weight excluding hydrogens is 338 g/mol. The van der Waals surface area contributed by atoms with E-state index >= 15 is 0 Å². The maximum atomic E-state index is 13.1. The topological polar surface area (TPSA) is 46.6 Å². The minimum absolute atomic E-state index is 0.00556. The molecule has 2 rings (SSSR count). The fraction of sp³-hybridized carbons (Fsp3) is 0.500. The molecule has 1 fully saturated rings. The highest BCUT2D eigenvalue weighted by Crippen LogP contribution is 2.38. The zero-order chi connectivity index (χ0) is 18.4. The number of hydrogen-bond donors (Lipinski definition) is 0. The first-order valence-corrected chi connectivity index (χ1v) is 9.26. The Kier molecular flexibility index (Phi) is 7.06. The van der Waals surface area contributed by atoms with E-state index in [1.54, 1.807) is 17.9 Å². The lowest BCUT2D eigenvalue weighted by atomic mass is 9.85. The Morgan fingerprint density at radius 2 is 2.04 bits per heavy atom. The Labute approximate surface area is 154 Å². The molecule has 5 heteroatoms. The number of hydrogen-bond acceptors (Lipinski definition) is 3. The zero-order valence-electron chi connectivity index (χ0n) is 14.9. The van der Waals surface area contributed by atoms with Crippen LogP contribution in [-0.2, 0) is 14.3 Å². The third-order valence-electron chi connectivity index (χ3n) is 4.72. The lowest BCUT2D eigenvalue weighted by molar-refractivity contribution is -0.161. The van der Waals surface area contributed by atoms with Crippen LogP contribution in [0.25, 0.3) is 0 Å². The molecule has 4 nitrogen and oxygen atoms in total. The summed E-state index contributed by atoms with van der Waals surface area (Å²) in [4.78, 5) is 27.3. The van der Waals surface area contributed by atoms with Gasteiger partial charge in [0.2, 0.25) is 5.91 Å². The normalized spacial score (nSPS) is 21.7. The van der Waals surface area contributed by atoms with Crippen molar-refractivity contribution in [3.63, 3.8) is 0 Å². The summed E-state index contributed by atoms with van der Waals surface area (Å²) < 4.78 is 5.22. The van der Waals surface area contributed by atoms with Crippen molar-refractivity contribution in [1.82, 2.24) is 4.90 Å². The molecule has 1 aliphatic rings. The minimum atomic E-state index is -0.569. The molecule has 0 bridgehead atoms. The SMILES string of the molecule is C=CCC1CC[C@@H](c2ccc(Cl)cc2)N(C(CC)C(=O)OCC)C1=O. The van der Waals surface area contributed by atoms with E-state index in [1.807, 2.05) is 31.2 Å². The number of likely N-dealkylation sites (tertiary alicyclic amines) is 1. The van der Waals surface area contributed by atoms with Gasteiger partial charge in [-0.15, -0.1) is 6.58 Å². The van der Waals surface area contributed by atoms with Crippen molar-refractivity contribution in [2.75, 3.05) is 6.61 Å². The van der Waals surface area contributed by atoms with Crippen LogP contribution in [0.3, 0.4) is 0 Å². The summed E-state index contributed by atoms with van der Waals surface area (Å²) in [5.74, 6) is -0.452. The highest BCUT2D eigenvalue weighted by molar-refractivity contribution is 6.30. The molecule has 0 N–H and O–H groups in total. The molecule has 1 amide bonds. The molecular formula is C20H26ClNO3. The first-order valence-electron chi connectivity index (χ1n) is 8.88. The number of carbonyl (C=O) groups is 2. The van der Waals surface area contributed by atoms with Gasteiger partial charge in [-0.05, 0) is 50.3 Å². The fourth-order valence-electron chi connectivity index (χ4n) is 3.50. The number of ether oxygens (including phenoxy) is 1. The molecule has 2 unspecified atom stereocenters. The summed E-state index contributed by atoms with van der Waals surface area (Å²) >= 11 is 6.00. The third kappa shape index (κ3) is 4.43. The largest absolute Gasteiger partial charge is 0.464 e. The molecule has 0 aliphatic carbocycles.